The SMILES string of the molecule is C=CS(=O)(=O)c1ccc([N+](=O)[O-])c(OCC)c1. The lowest BCUT2D eigenvalue weighted by atomic mass is 10.3. The number of nitrogens with zero attached hydrogens (tertiary/aromatic N) is 1. The highest BCUT2D eigenvalue weighted by Crippen LogP contribution is 2.30. The Hall–Kier alpha value is -1.89. The lowest BCUT2D eigenvalue weighted by Gasteiger charge is -2.05. The smallest absolute Gasteiger partial charge is 0.311 e. The lowest BCUT2D eigenvalue weighted by molar-refractivity contribution is -0.385. The van der Waals surface area contributed by atoms with Gasteiger partial charge in [-0.3, -0.25) is 10.1 Å². The van der Waals surface area contributed by atoms with Crippen molar-refractivity contribution in [1.82, 2.24) is 0 Å². The molecular formula is C10H11NO5S. The van der Waals surface area contributed by atoms with Crippen molar-refractivity contribution in [1.29, 1.82) is 0 Å². The minimum atomic E-state index is -3.62. The molecule has 0 heterocycles. The van der Waals surface area contributed by atoms with Gasteiger partial charge < -0.3 is 4.74 Å². The Kier molecular flexibility index (Phi) is 3.84. The highest BCUT2D eigenvalue weighted by atomic mass is 32.2. The van der Waals surface area contributed by atoms with Crippen molar-refractivity contribution < 1.29 is 18.1 Å². The standard InChI is InChI=1S/C10H11NO5S/c1-3-16-10-7-8(17(14,15)4-2)5-6-9(10)11(12)13/h4-7H,2-3H2,1H3. The first-order valence-corrected chi connectivity index (χ1v) is 6.25. The molecule has 7 heteroatoms. The van der Waals surface area contributed by atoms with Gasteiger partial charge in [0.15, 0.2) is 15.6 Å². The number of ether oxygens (including phenoxy) is 1. The van der Waals surface area contributed by atoms with E-state index in [4.69, 9.17) is 4.74 Å². The van der Waals surface area contributed by atoms with Crippen LogP contribution in [0.3, 0.4) is 0 Å². The highest BCUT2D eigenvalue weighted by Gasteiger charge is 2.19. The molecule has 1 aromatic rings. The van der Waals surface area contributed by atoms with E-state index in [0.29, 0.717) is 0 Å². The number of hydrogen-bond acceptors (Lipinski definition) is 5. The van der Waals surface area contributed by atoms with E-state index in [1.54, 1.807) is 6.92 Å². The van der Waals surface area contributed by atoms with E-state index < -0.39 is 14.8 Å². The van der Waals surface area contributed by atoms with Crippen LogP contribution in [0, 0.1) is 10.1 Å². The zero-order valence-electron chi connectivity index (χ0n) is 9.12. The average Bonchev–Trinajstić information content (AvgIpc) is 2.29. The summed E-state index contributed by atoms with van der Waals surface area (Å²) >= 11 is 0. The van der Waals surface area contributed by atoms with Crippen molar-refractivity contribution in [2.45, 2.75) is 11.8 Å². The van der Waals surface area contributed by atoms with Gasteiger partial charge in [-0.15, -0.1) is 0 Å². The molecule has 0 saturated heterocycles. The Labute approximate surface area is 98.6 Å². The summed E-state index contributed by atoms with van der Waals surface area (Å²) in [5.41, 5.74) is -0.269. The minimum Gasteiger partial charge on any atom is -0.487 e. The van der Waals surface area contributed by atoms with Crippen LogP contribution in [0.5, 0.6) is 5.75 Å². The second-order valence-electron chi connectivity index (χ2n) is 3.03. The van der Waals surface area contributed by atoms with E-state index in [1.165, 1.54) is 0 Å². The maximum Gasteiger partial charge on any atom is 0.311 e. The number of sulfone groups is 1. The number of nitro benzene ring substituents is 1. The molecule has 0 fully saturated rings. The van der Waals surface area contributed by atoms with Gasteiger partial charge >= 0.3 is 5.69 Å². The summed E-state index contributed by atoms with van der Waals surface area (Å²) in [4.78, 5) is 9.97. The topological polar surface area (TPSA) is 86.5 Å². The fourth-order valence-electron chi connectivity index (χ4n) is 1.19. The van der Waals surface area contributed by atoms with Crippen LogP contribution in [-0.2, 0) is 9.84 Å². The van der Waals surface area contributed by atoms with E-state index in [9.17, 15) is 18.5 Å². The Bertz CT molecular complexity index is 550. The van der Waals surface area contributed by atoms with Crippen LogP contribution in [-0.4, -0.2) is 19.9 Å². The van der Waals surface area contributed by atoms with Gasteiger partial charge in [-0.25, -0.2) is 8.42 Å². The zero-order chi connectivity index (χ0) is 13.1. The quantitative estimate of drug-likeness (QED) is 0.594. The molecule has 92 valence electrons. The van der Waals surface area contributed by atoms with Gasteiger partial charge in [0.25, 0.3) is 0 Å². The van der Waals surface area contributed by atoms with Gasteiger partial charge in [0.1, 0.15) is 0 Å². The maximum atomic E-state index is 11.5. The Morgan fingerprint density at radius 3 is 2.65 bits per heavy atom. The average molecular weight is 257 g/mol. The monoisotopic (exact) mass is 257 g/mol. The highest BCUT2D eigenvalue weighted by molar-refractivity contribution is 7.94. The van der Waals surface area contributed by atoms with Gasteiger partial charge in [0.2, 0.25) is 0 Å². The van der Waals surface area contributed by atoms with Crippen LogP contribution >= 0.6 is 0 Å². The lowest BCUT2D eigenvalue weighted by Crippen LogP contribution is -2.01. The van der Waals surface area contributed by atoms with Crippen LogP contribution in [0.25, 0.3) is 0 Å². The summed E-state index contributed by atoms with van der Waals surface area (Å²) in [7, 11) is -3.62. The van der Waals surface area contributed by atoms with Crippen molar-refractivity contribution >= 4 is 15.5 Å². The summed E-state index contributed by atoms with van der Waals surface area (Å²) in [6, 6.07) is 3.37. The third-order valence-corrected chi connectivity index (χ3v) is 3.33. The predicted molar refractivity (Wildman–Crippen MR) is 61.6 cm³/mol. The second-order valence-corrected chi connectivity index (χ2v) is 4.93. The van der Waals surface area contributed by atoms with Crippen LogP contribution < -0.4 is 4.74 Å². The number of rotatable bonds is 5. The Morgan fingerprint density at radius 2 is 2.18 bits per heavy atom. The van der Waals surface area contributed by atoms with Crippen molar-refractivity contribution in [2.75, 3.05) is 6.61 Å². The van der Waals surface area contributed by atoms with Crippen LogP contribution in [0.2, 0.25) is 0 Å². The summed E-state index contributed by atoms with van der Waals surface area (Å²) in [5.74, 6) is -0.0691. The molecule has 0 aromatic heterocycles. The molecule has 1 aromatic carbocycles. The van der Waals surface area contributed by atoms with Gasteiger partial charge in [0.05, 0.1) is 16.4 Å². The third kappa shape index (κ3) is 2.82. The number of nitro groups is 1. The Balaban J connectivity index is 3.37. The molecule has 0 aliphatic heterocycles. The molecule has 1 rings (SSSR count). The van der Waals surface area contributed by atoms with Crippen LogP contribution in [0.1, 0.15) is 6.92 Å². The molecule has 0 bridgehead atoms. The zero-order valence-corrected chi connectivity index (χ0v) is 9.94. The molecule has 0 N–H and O–H groups in total. The molecule has 0 aliphatic rings. The molecule has 0 atom stereocenters. The molecule has 6 nitrogen and oxygen atoms in total. The van der Waals surface area contributed by atoms with Gasteiger partial charge in [0, 0.05) is 17.5 Å². The first kappa shape index (κ1) is 13.2. The number of hydrogen-bond donors (Lipinski definition) is 0. The minimum absolute atomic E-state index is 0.0691. The molecule has 0 unspecified atom stereocenters. The molecule has 0 saturated carbocycles. The number of benzene rings is 1. The van der Waals surface area contributed by atoms with E-state index in [0.717, 1.165) is 23.6 Å². The molecule has 17 heavy (non-hydrogen) atoms. The van der Waals surface area contributed by atoms with Crippen molar-refractivity contribution in [3.63, 3.8) is 0 Å². The van der Waals surface area contributed by atoms with E-state index in [1.807, 2.05) is 0 Å². The normalized spacial score (nSPS) is 10.9. The predicted octanol–water partition coefficient (Wildman–Crippen LogP) is 1.91. The summed E-state index contributed by atoms with van der Waals surface area (Å²) in [5, 5.41) is 11.5. The summed E-state index contributed by atoms with van der Waals surface area (Å²) in [6.07, 6.45) is 0. The van der Waals surface area contributed by atoms with E-state index in [-0.39, 0.29) is 22.9 Å². The molecule has 0 aliphatic carbocycles. The third-order valence-electron chi connectivity index (χ3n) is 1.98. The van der Waals surface area contributed by atoms with Crippen molar-refractivity contribution in [3.8, 4) is 5.75 Å². The van der Waals surface area contributed by atoms with Crippen LogP contribution in [0.4, 0.5) is 5.69 Å². The van der Waals surface area contributed by atoms with Crippen LogP contribution in [0.15, 0.2) is 35.1 Å². The molecule has 0 spiro atoms. The van der Waals surface area contributed by atoms with Gasteiger partial charge in [-0.05, 0) is 13.0 Å². The van der Waals surface area contributed by atoms with Crippen molar-refractivity contribution in [3.05, 3.63) is 40.3 Å². The van der Waals surface area contributed by atoms with E-state index >= 15 is 0 Å². The summed E-state index contributed by atoms with van der Waals surface area (Å²) < 4.78 is 28.0. The first-order valence-electron chi connectivity index (χ1n) is 4.71. The molecule has 0 radical (unpaired) electrons. The van der Waals surface area contributed by atoms with E-state index in [2.05, 4.69) is 6.58 Å². The maximum absolute atomic E-state index is 11.5. The molecular weight excluding hydrogens is 246 g/mol. The van der Waals surface area contributed by atoms with Gasteiger partial charge in [-0.1, -0.05) is 6.58 Å². The second kappa shape index (κ2) is 4.96. The first-order chi connectivity index (χ1) is 7.92. The summed E-state index contributed by atoms with van der Waals surface area (Å²) in [6.45, 7) is 5.04. The Morgan fingerprint density at radius 1 is 1.53 bits per heavy atom. The largest absolute Gasteiger partial charge is 0.487 e. The fourth-order valence-corrected chi connectivity index (χ4v) is 1.91. The van der Waals surface area contributed by atoms with Gasteiger partial charge in [-0.2, -0.15) is 0 Å². The fraction of sp³-hybridized carbons (Fsp3) is 0.200. The van der Waals surface area contributed by atoms with Crippen molar-refractivity contribution in [2.24, 2.45) is 0 Å². The molecule has 0 amide bonds.